The molecular weight excluding hydrogens is 337 g/mol. The van der Waals surface area contributed by atoms with Crippen molar-refractivity contribution in [1.29, 1.82) is 0 Å². The van der Waals surface area contributed by atoms with Crippen LogP contribution in [0.15, 0.2) is 48.6 Å². The lowest BCUT2D eigenvalue weighted by Gasteiger charge is -2.38. The lowest BCUT2D eigenvalue weighted by atomic mass is 9.77. The van der Waals surface area contributed by atoms with E-state index in [1.807, 2.05) is 24.3 Å². The van der Waals surface area contributed by atoms with Crippen molar-refractivity contribution in [2.45, 2.75) is 18.4 Å². The Labute approximate surface area is 144 Å². The fourth-order valence-corrected chi connectivity index (χ4v) is 4.33. The maximum atomic E-state index is 6.44. The van der Waals surface area contributed by atoms with Crippen molar-refractivity contribution in [2.75, 3.05) is 5.32 Å². The van der Waals surface area contributed by atoms with Gasteiger partial charge in [-0.3, -0.25) is 0 Å². The topological polar surface area (TPSA) is 12.0 Å². The van der Waals surface area contributed by atoms with Gasteiger partial charge in [0.1, 0.15) is 0 Å². The molecule has 0 aromatic heterocycles. The highest BCUT2D eigenvalue weighted by Gasteiger charge is 2.38. The van der Waals surface area contributed by atoms with Gasteiger partial charge in [-0.15, -0.1) is 0 Å². The molecule has 3 atom stereocenters. The Morgan fingerprint density at radius 2 is 1.68 bits per heavy atom. The predicted molar refractivity (Wildman–Crippen MR) is 94.3 cm³/mol. The molecule has 0 spiro atoms. The fourth-order valence-electron chi connectivity index (χ4n) is 3.63. The Hall–Kier alpha value is -1.15. The first-order valence-corrected chi connectivity index (χ1v) is 8.44. The monoisotopic (exact) mass is 349 g/mol. The number of hydrogen-bond donors (Lipinski definition) is 1. The Kier molecular flexibility index (Phi) is 3.60. The maximum Gasteiger partial charge on any atom is 0.0568 e. The summed E-state index contributed by atoms with van der Waals surface area (Å²) in [6.45, 7) is 0. The van der Waals surface area contributed by atoms with Gasteiger partial charge in [-0.2, -0.15) is 0 Å². The Bertz CT molecular complexity index is 769. The van der Waals surface area contributed by atoms with E-state index >= 15 is 0 Å². The third-order valence-electron chi connectivity index (χ3n) is 4.62. The minimum absolute atomic E-state index is 0.179. The fraction of sp³-hybridized carbons (Fsp3) is 0.222. The first-order chi connectivity index (χ1) is 10.6. The van der Waals surface area contributed by atoms with Crippen molar-refractivity contribution in [3.05, 3.63) is 74.7 Å². The molecule has 1 heterocycles. The Morgan fingerprint density at radius 3 is 2.50 bits per heavy atom. The van der Waals surface area contributed by atoms with E-state index in [4.69, 9.17) is 34.8 Å². The Morgan fingerprint density at radius 1 is 0.909 bits per heavy atom. The molecule has 4 rings (SSSR count). The largest absolute Gasteiger partial charge is 0.378 e. The lowest BCUT2D eigenvalue weighted by Crippen LogP contribution is -2.29. The third-order valence-corrected chi connectivity index (χ3v) is 5.42. The first kappa shape index (κ1) is 14.4. The number of anilines is 1. The van der Waals surface area contributed by atoms with Gasteiger partial charge < -0.3 is 5.32 Å². The number of allylic oxidation sites excluding steroid dienone is 2. The van der Waals surface area contributed by atoms with Gasteiger partial charge >= 0.3 is 0 Å². The molecule has 0 bridgehead atoms. The van der Waals surface area contributed by atoms with Gasteiger partial charge in [0.05, 0.1) is 6.04 Å². The van der Waals surface area contributed by atoms with E-state index in [1.54, 1.807) is 0 Å². The smallest absolute Gasteiger partial charge is 0.0568 e. The van der Waals surface area contributed by atoms with Crippen molar-refractivity contribution >= 4 is 40.5 Å². The van der Waals surface area contributed by atoms with Crippen LogP contribution in [0.5, 0.6) is 0 Å². The van der Waals surface area contributed by atoms with E-state index in [-0.39, 0.29) is 6.04 Å². The molecule has 1 nitrogen and oxygen atoms in total. The molecule has 0 fully saturated rings. The molecule has 112 valence electrons. The number of nitrogens with one attached hydrogen (secondary N) is 1. The van der Waals surface area contributed by atoms with Crippen LogP contribution in [0.1, 0.15) is 29.5 Å². The number of fused-ring (bicyclic) bond motifs is 3. The van der Waals surface area contributed by atoms with Crippen LogP contribution in [0, 0.1) is 5.92 Å². The quantitative estimate of drug-likeness (QED) is 0.581. The second-order valence-electron chi connectivity index (χ2n) is 5.87. The summed E-state index contributed by atoms with van der Waals surface area (Å²) in [5.74, 6) is 0.830. The molecule has 4 heteroatoms. The zero-order valence-electron chi connectivity index (χ0n) is 11.7. The zero-order valence-corrected chi connectivity index (χ0v) is 14.0. The molecule has 0 saturated carbocycles. The SMILES string of the molecule is Clc1ccc(C2Nc3ccc(Cl)cc3C3C=CCC32)c(Cl)c1. The van der Waals surface area contributed by atoms with Crippen molar-refractivity contribution in [3.8, 4) is 0 Å². The van der Waals surface area contributed by atoms with E-state index < -0.39 is 0 Å². The summed E-state index contributed by atoms with van der Waals surface area (Å²) in [7, 11) is 0. The van der Waals surface area contributed by atoms with Crippen LogP contribution in [0.2, 0.25) is 15.1 Å². The minimum atomic E-state index is 0.179. The highest BCUT2D eigenvalue weighted by atomic mass is 35.5. The standard InChI is InChI=1S/C18H14Cl3N/c19-10-5-7-17-15(8-10)12-2-1-3-13(12)18(22-17)14-6-4-11(20)9-16(14)21/h1-2,4-9,12-13,18,22H,3H2. The molecule has 1 N–H and O–H groups in total. The number of hydrogen-bond acceptors (Lipinski definition) is 1. The van der Waals surface area contributed by atoms with Crippen molar-refractivity contribution in [1.82, 2.24) is 0 Å². The molecule has 0 amide bonds. The number of benzene rings is 2. The molecule has 0 radical (unpaired) electrons. The van der Waals surface area contributed by atoms with Crippen LogP contribution in [0.3, 0.4) is 0 Å². The van der Waals surface area contributed by atoms with Gasteiger partial charge in [-0.1, -0.05) is 53.0 Å². The van der Waals surface area contributed by atoms with Gasteiger partial charge in [0, 0.05) is 26.7 Å². The van der Waals surface area contributed by atoms with Gasteiger partial charge in [-0.25, -0.2) is 0 Å². The van der Waals surface area contributed by atoms with Gasteiger partial charge in [-0.05, 0) is 53.8 Å². The van der Waals surface area contributed by atoms with Gasteiger partial charge in [0.15, 0.2) is 0 Å². The predicted octanol–water partition coefficient (Wildman–Crippen LogP) is 6.47. The van der Waals surface area contributed by atoms with Crippen LogP contribution in [0.4, 0.5) is 5.69 Å². The summed E-state index contributed by atoms with van der Waals surface area (Å²) < 4.78 is 0. The second kappa shape index (κ2) is 5.49. The van der Waals surface area contributed by atoms with Crippen LogP contribution < -0.4 is 5.32 Å². The van der Waals surface area contributed by atoms with E-state index in [2.05, 4.69) is 29.6 Å². The highest BCUT2D eigenvalue weighted by Crippen LogP contribution is 2.51. The average Bonchev–Trinajstić information content (AvgIpc) is 2.97. The van der Waals surface area contributed by atoms with Crippen LogP contribution in [0.25, 0.3) is 0 Å². The second-order valence-corrected chi connectivity index (χ2v) is 7.15. The highest BCUT2D eigenvalue weighted by molar-refractivity contribution is 6.35. The van der Waals surface area contributed by atoms with Crippen molar-refractivity contribution in [3.63, 3.8) is 0 Å². The maximum absolute atomic E-state index is 6.44. The molecule has 22 heavy (non-hydrogen) atoms. The van der Waals surface area contributed by atoms with E-state index in [9.17, 15) is 0 Å². The zero-order chi connectivity index (χ0) is 15.3. The van der Waals surface area contributed by atoms with Crippen LogP contribution >= 0.6 is 34.8 Å². The molecular formula is C18H14Cl3N. The molecule has 2 aliphatic rings. The summed E-state index contributed by atoms with van der Waals surface area (Å²) in [6, 6.07) is 12.0. The first-order valence-electron chi connectivity index (χ1n) is 7.31. The van der Waals surface area contributed by atoms with Crippen LogP contribution in [-0.4, -0.2) is 0 Å². The van der Waals surface area contributed by atoms with Gasteiger partial charge in [0.25, 0.3) is 0 Å². The third kappa shape index (κ3) is 2.32. The molecule has 2 aromatic rings. The summed E-state index contributed by atoms with van der Waals surface area (Å²) in [5, 5.41) is 5.81. The molecule has 3 unspecified atom stereocenters. The molecule has 2 aromatic carbocycles. The lowest BCUT2D eigenvalue weighted by molar-refractivity contribution is 0.426. The van der Waals surface area contributed by atoms with Crippen molar-refractivity contribution < 1.29 is 0 Å². The van der Waals surface area contributed by atoms with E-state index in [1.165, 1.54) is 5.56 Å². The number of rotatable bonds is 1. The van der Waals surface area contributed by atoms with Crippen LogP contribution in [-0.2, 0) is 0 Å². The minimum Gasteiger partial charge on any atom is -0.378 e. The average molecular weight is 351 g/mol. The summed E-state index contributed by atoms with van der Waals surface area (Å²) in [6.07, 6.45) is 5.58. The summed E-state index contributed by atoms with van der Waals surface area (Å²) in [5.41, 5.74) is 3.51. The normalized spacial score (nSPS) is 25.5. The molecule has 1 aliphatic carbocycles. The van der Waals surface area contributed by atoms with Gasteiger partial charge in [0.2, 0.25) is 0 Å². The van der Waals surface area contributed by atoms with E-state index in [0.29, 0.717) is 21.9 Å². The summed E-state index contributed by atoms with van der Waals surface area (Å²) in [4.78, 5) is 0. The molecule has 0 saturated heterocycles. The van der Waals surface area contributed by atoms with E-state index in [0.717, 1.165) is 22.7 Å². The van der Waals surface area contributed by atoms with Crippen molar-refractivity contribution in [2.24, 2.45) is 5.92 Å². The number of halogens is 3. The Balaban J connectivity index is 1.81. The summed E-state index contributed by atoms with van der Waals surface area (Å²) >= 11 is 18.6. The molecule has 1 aliphatic heterocycles.